The highest BCUT2D eigenvalue weighted by Gasteiger charge is 2.02. The molecule has 0 bridgehead atoms. The van der Waals surface area contributed by atoms with E-state index in [0.717, 1.165) is 17.9 Å². The summed E-state index contributed by atoms with van der Waals surface area (Å²) >= 11 is 0. The van der Waals surface area contributed by atoms with Crippen LogP contribution in [0.2, 0.25) is 0 Å². The minimum absolute atomic E-state index is 0.664. The molecule has 0 fully saturated rings. The first-order valence-electron chi connectivity index (χ1n) is 5.26. The topological polar surface area (TPSA) is 77.8 Å². The van der Waals surface area contributed by atoms with Gasteiger partial charge in [-0.2, -0.15) is 0 Å². The van der Waals surface area contributed by atoms with Crippen molar-refractivity contribution in [1.29, 1.82) is 0 Å². The van der Waals surface area contributed by atoms with Crippen LogP contribution in [0.15, 0.2) is 24.9 Å². The molecule has 2 aromatic rings. The van der Waals surface area contributed by atoms with Gasteiger partial charge in [0.2, 0.25) is 0 Å². The average molecular weight is 234 g/mol. The molecule has 0 radical (unpaired) electrons. The van der Waals surface area contributed by atoms with Crippen LogP contribution in [0.3, 0.4) is 0 Å². The summed E-state index contributed by atoms with van der Waals surface area (Å²) in [7, 11) is 1.67. The van der Waals surface area contributed by atoms with E-state index < -0.39 is 0 Å². The highest BCUT2D eigenvalue weighted by Crippen LogP contribution is 2.02. The van der Waals surface area contributed by atoms with E-state index in [0.29, 0.717) is 13.2 Å². The number of rotatable bonds is 6. The normalized spacial score (nSPS) is 10.6. The molecule has 0 aliphatic carbocycles. The summed E-state index contributed by atoms with van der Waals surface area (Å²) in [6.45, 7) is 2.13. The lowest BCUT2D eigenvalue weighted by Crippen LogP contribution is -2.18. The van der Waals surface area contributed by atoms with Crippen LogP contribution in [0.5, 0.6) is 0 Å². The smallest absolute Gasteiger partial charge is 0.115 e. The molecular formula is C10H14N6O. The summed E-state index contributed by atoms with van der Waals surface area (Å²) in [5.74, 6) is 0. The monoisotopic (exact) mass is 234 g/mol. The van der Waals surface area contributed by atoms with Crippen molar-refractivity contribution in [3.05, 3.63) is 30.6 Å². The van der Waals surface area contributed by atoms with Crippen LogP contribution in [-0.4, -0.2) is 45.2 Å². The lowest BCUT2D eigenvalue weighted by molar-refractivity contribution is 0.199. The van der Waals surface area contributed by atoms with Crippen LogP contribution >= 0.6 is 0 Å². The van der Waals surface area contributed by atoms with Gasteiger partial charge in [-0.15, -0.1) is 5.10 Å². The molecule has 17 heavy (non-hydrogen) atoms. The van der Waals surface area contributed by atoms with E-state index in [1.807, 2.05) is 6.20 Å². The third kappa shape index (κ3) is 3.30. The number of nitrogens with one attached hydrogen (secondary N) is 1. The maximum Gasteiger partial charge on any atom is 0.115 e. The van der Waals surface area contributed by atoms with E-state index >= 15 is 0 Å². The summed E-state index contributed by atoms with van der Waals surface area (Å²) in [5, 5.41) is 11.2. The Labute approximate surface area is 98.8 Å². The Bertz CT molecular complexity index is 443. The molecular weight excluding hydrogens is 220 g/mol. The number of hydrogen-bond acceptors (Lipinski definition) is 6. The Morgan fingerprint density at radius 1 is 1.35 bits per heavy atom. The standard InChI is InChI=1S/C10H14N6O/c1-17-3-2-11-4-9-7-16(15-14-9)10-5-12-8-13-6-10/h5-8,11H,2-4H2,1H3. The first-order valence-corrected chi connectivity index (χ1v) is 5.26. The van der Waals surface area contributed by atoms with Gasteiger partial charge in [-0.1, -0.05) is 5.21 Å². The van der Waals surface area contributed by atoms with Gasteiger partial charge < -0.3 is 10.1 Å². The summed E-state index contributed by atoms with van der Waals surface area (Å²) in [6.07, 6.45) is 6.69. The summed E-state index contributed by atoms with van der Waals surface area (Å²) in [6, 6.07) is 0. The lowest BCUT2D eigenvalue weighted by Gasteiger charge is -1.99. The van der Waals surface area contributed by atoms with Gasteiger partial charge in [0.05, 0.1) is 30.9 Å². The van der Waals surface area contributed by atoms with Gasteiger partial charge in [0.25, 0.3) is 0 Å². The number of aromatic nitrogens is 5. The minimum Gasteiger partial charge on any atom is -0.383 e. The van der Waals surface area contributed by atoms with Gasteiger partial charge >= 0.3 is 0 Å². The molecule has 2 heterocycles. The van der Waals surface area contributed by atoms with Crippen molar-refractivity contribution >= 4 is 0 Å². The van der Waals surface area contributed by atoms with Gasteiger partial charge in [-0.25, -0.2) is 14.6 Å². The third-order valence-electron chi connectivity index (χ3n) is 2.14. The van der Waals surface area contributed by atoms with E-state index in [4.69, 9.17) is 4.74 Å². The molecule has 0 unspecified atom stereocenters. The molecule has 0 aliphatic rings. The van der Waals surface area contributed by atoms with Gasteiger partial charge in [-0.05, 0) is 0 Å². The fourth-order valence-corrected chi connectivity index (χ4v) is 1.31. The summed E-state index contributed by atoms with van der Waals surface area (Å²) < 4.78 is 6.58. The van der Waals surface area contributed by atoms with Crippen molar-refractivity contribution in [2.45, 2.75) is 6.54 Å². The fraction of sp³-hybridized carbons (Fsp3) is 0.400. The third-order valence-corrected chi connectivity index (χ3v) is 2.14. The number of ether oxygens (including phenoxy) is 1. The Hall–Kier alpha value is -1.86. The van der Waals surface area contributed by atoms with Crippen LogP contribution in [0.4, 0.5) is 0 Å². The SMILES string of the molecule is COCCNCc1cn(-c2cncnc2)nn1. The average Bonchev–Trinajstić information content (AvgIpc) is 2.85. The van der Waals surface area contributed by atoms with Crippen LogP contribution in [-0.2, 0) is 11.3 Å². The largest absolute Gasteiger partial charge is 0.383 e. The minimum atomic E-state index is 0.664. The molecule has 0 aromatic carbocycles. The molecule has 0 saturated carbocycles. The van der Waals surface area contributed by atoms with Gasteiger partial charge in [0, 0.05) is 20.2 Å². The predicted octanol–water partition coefficient (Wildman–Crippen LogP) is -0.207. The van der Waals surface area contributed by atoms with E-state index in [2.05, 4.69) is 25.6 Å². The molecule has 0 spiro atoms. The van der Waals surface area contributed by atoms with E-state index in [-0.39, 0.29) is 0 Å². The predicted molar refractivity (Wildman–Crippen MR) is 60.5 cm³/mol. The van der Waals surface area contributed by atoms with Gasteiger partial charge in [0.1, 0.15) is 12.0 Å². The molecule has 1 N–H and O–H groups in total. The van der Waals surface area contributed by atoms with Crippen molar-refractivity contribution in [2.75, 3.05) is 20.3 Å². The fourth-order valence-electron chi connectivity index (χ4n) is 1.31. The molecule has 0 amide bonds. The Morgan fingerprint density at radius 3 is 2.94 bits per heavy atom. The molecule has 90 valence electrons. The van der Waals surface area contributed by atoms with Crippen molar-refractivity contribution in [2.24, 2.45) is 0 Å². The van der Waals surface area contributed by atoms with Crippen molar-refractivity contribution in [3.8, 4) is 5.69 Å². The second-order valence-corrected chi connectivity index (χ2v) is 3.42. The van der Waals surface area contributed by atoms with Crippen molar-refractivity contribution in [3.63, 3.8) is 0 Å². The molecule has 0 aliphatic heterocycles. The maximum absolute atomic E-state index is 4.93. The molecule has 2 rings (SSSR count). The second-order valence-electron chi connectivity index (χ2n) is 3.42. The van der Waals surface area contributed by atoms with Crippen molar-refractivity contribution < 1.29 is 4.74 Å². The van der Waals surface area contributed by atoms with Crippen molar-refractivity contribution in [1.82, 2.24) is 30.3 Å². The van der Waals surface area contributed by atoms with Gasteiger partial charge in [0.15, 0.2) is 0 Å². The summed E-state index contributed by atoms with van der Waals surface area (Å²) in [5.41, 5.74) is 1.66. The Kier molecular flexibility index (Phi) is 4.11. The quantitative estimate of drug-likeness (QED) is 0.697. The van der Waals surface area contributed by atoms with Crippen LogP contribution in [0, 0.1) is 0 Å². The highest BCUT2D eigenvalue weighted by atomic mass is 16.5. The number of hydrogen-bond donors (Lipinski definition) is 1. The summed E-state index contributed by atoms with van der Waals surface area (Å²) in [4.78, 5) is 7.85. The highest BCUT2D eigenvalue weighted by molar-refractivity contribution is 5.22. The lowest BCUT2D eigenvalue weighted by atomic mass is 10.4. The zero-order chi connectivity index (χ0) is 11.9. The van der Waals surface area contributed by atoms with E-state index in [9.17, 15) is 0 Å². The van der Waals surface area contributed by atoms with Crippen LogP contribution < -0.4 is 5.32 Å². The van der Waals surface area contributed by atoms with Gasteiger partial charge in [-0.3, -0.25) is 0 Å². The zero-order valence-electron chi connectivity index (χ0n) is 9.58. The molecule has 0 atom stereocenters. The number of nitrogens with zero attached hydrogens (tertiary/aromatic N) is 5. The second kappa shape index (κ2) is 6.02. The Balaban J connectivity index is 1.92. The molecule has 7 heteroatoms. The number of methoxy groups -OCH3 is 1. The first-order chi connectivity index (χ1) is 8.40. The molecule has 0 saturated heterocycles. The Morgan fingerprint density at radius 2 is 2.18 bits per heavy atom. The van der Waals surface area contributed by atoms with Crippen LogP contribution in [0.1, 0.15) is 5.69 Å². The van der Waals surface area contributed by atoms with E-state index in [1.165, 1.54) is 6.33 Å². The van der Waals surface area contributed by atoms with E-state index in [1.54, 1.807) is 24.2 Å². The zero-order valence-corrected chi connectivity index (χ0v) is 9.58. The first kappa shape index (κ1) is 11.6. The molecule has 7 nitrogen and oxygen atoms in total. The maximum atomic E-state index is 4.93. The van der Waals surface area contributed by atoms with Crippen LogP contribution in [0.25, 0.3) is 5.69 Å². The molecule has 2 aromatic heterocycles.